The van der Waals surface area contributed by atoms with Gasteiger partial charge in [0.2, 0.25) is 0 Å². The Balaban J connectivity index is 2.46. The van der Waals surface area contributed by atoms with Gasteiger partial charge < -0.3 is 0 Å². The Labute approximate surface area is 89.5 Å². The zero-order chi connectivity index (χ0) is 11.8. The summed E-state index contributed by atoms with van der Waals surface area (Å²) in [5.41, 5.74) is -0.320. The molecule has 0 aliphatic rings. The summed E-state index contributed by atoms with van der Waals surface area (Å²) < 4.78 is 38.6. The number of alkyl halides is 3. The van der Waals surface area contributed by atoms with Crippen LogP contribution in [-0.2, 0) is 6.18 Å². The van der Waals surface area contributed by atoms with E-state index >= 15 is 0 Å². The summed E-state index contributed by atoms with van der Waals surface area (Å²) in [5.74, 6) is 0.401. The largest absolute Gasteiger partial charge is 0.417 e. The molecule has 84 valence electrons. The van der Waals surface area contributed by atoms with Crippen molar-refractivity contribution < 1.29 is 13.2 Å². The molecule has 0 fully saturated rings. The van der Waals surface area contributed by atoms with Crippen LogP contribution in [0.3, 0.4) is 0 Å². The van der Waals surface area contributed by atoms with Crippen molar-refractivity contribution in [2.75, 3.05) is 0 Å². The van der Waals surface area contributed by atoms with Crippen LogP contribution >= 0.6 is 0 Å². The van der Waals surface area contributed by atoms with Gasteiger partial charge in [-0.25, -0.2) is 9.67 Å². The van der Waals surface area contributed by atoms with Crippen molar-refractivity contribution in [2.45, 2.75) is 13.1 Å². The Bertz CT molecular complexity index is 489. The molecule has 2 rings (SSSR count). The van der Waals surface area contributed by atoms with Crippen molar-refractivity contribution in [3.05, 3.63) is 41.9 Å². The lowest BCUT2D eigenvalue weighted by atomic mass is 10.2. The molecule has 0 radical (unpaired) electrons. The fraction of sp³-hybridized carbons (Fsp3) is 0.200. The summed E-state index contributed by atoms with van der Waals surface area (Å²) in [6, 6.07) is 2.74. The van der Waals surface area contributed by atoms with E-state index in [-0.39, 0.29) is 0 Å². The highest BCUT2D eigenvalue weighted by molar-refractivity contribution is 5.35. The van der Waals surface area contributed by atoms with Gasteiger partial charge in [0, 0.05) is 18.6 Å². The molecule has 6 heteroatoms. The molecule has 0 bridgehead atoms. The predicted octanol–water partition coefficient (Wildman–Crippen LogP) is 2.59. The molecule has 0 saturated carbocycles. The van der Waals surface area contributed by atoms with Gasteiger partial charge in [0.1, 0.15) is 0 Å². The van der Waals surface area contributed by atoms with Crippen LogP contribution in [0.1, 0.15) is 11.1 Å². The van der Waals surface area contributed by atoms with Gasteiger partial charge in [0.15, 0.2) is 5.82 Å². The van der Waals surface area contributed by atoms with E-state index in [2.05, 4.69) is 10.1 Å². The molecule has 0 atom stereocenters. The zero-order valence-electron chi connectivity index (χ0n) is 8.36. The lowest BCUT2D eigenvalue weighted by Crippen LogP contribution is -2.08. The van der Waals surface area contributed by atoms with E-state index in [4.69, 9.17) is 0 Å². The minimum absolute atomic E-state index is 0.401. The molecule has 0 spiro atoms. The molecule has 0 aromatic carbocycles. The number of aromatic nitrogens is 3. The fourth-order valence-corrected chi connectivity index (χ4v) is 1.36. The predicted molar refractivity (Wildman–Crippen MR) is 51.1 cm³/mol. The molecule has 0 amide bonds. The summed E-state index contributed by atoms with van der Waals surface area (Å²) >= 11 is 0. The standard InChI is InChI=1S/C10H8F3N3/c1-7-5-8(10(11,12)13)6-14-9(7)16-4-2-3-15-16/h2-6H,1H3. The number of hydrogen-bond acceptors (Lipinski definition) is 2. The van der Waals surface area contributed by atoms with Crippen LogP contribution in [0.4, 0.5) is 13.2 Å². The molecule has 0 aliphatic carbocycles. The minimum atomic E-state index is -4.36. The summed E-state index contributed by atoms with van der Waals surface area (Å²) in [6.07, 6.45) is -0.383. The van der Waals surface area contributed by atoms with Crippen molar-refractivity contribution in [2.24, 2.45) is 0 Å². The second-order valence-corrected chi connectivity index (χ2v) is 3.31. The first-order valence-electron chi connectivity index (χ1n) is 4.52. The Morgan fingerprint density at radius 1 is 1.31 bits per heavy atom. The van der Waals surface area contributed by atoms with Crippen molar-refractivity contribution in [3.63, 3.8) is 0 Å². The molecule has 2 aromatic rings. The maximum atomic E-state index is 12.4. The summed E-state index contributed by atoms with van der Waals surface area (Å²) in [5, 5.41) is 3.91. The van der Waals surface area contributed by atoms with E-state index in [9.17, 15) is 13.2 Å². The monoisotopic (exact) mass is 227 g/mol. The molecule has 2 aromatic heterocycles. The van der Waals surface area contributed by atoms with Gasteiger partial charge in [-0.3, -0.25) is 0 Å². The SMILES string of the molecule is Cc1cc(C(F)(F)F)cnc1-n1cccn1. The van der Waals surface area contributed by atoms with Crippen LogP contribution in [-0.4, -0.2) is 14.8 Å². The second-order valence-electron chi connectivity index (χ2n) is 3.31. The van der Waals surface area contributed by atoms with E-state index in [1.165, 1.54) is 4.68 Å². The van der Waals surface area contributed by atoms with Gasteiger partial charge in [-0.05, 0) is 24.6 Å². The Kier molecular flexibility index (Phi) is 2.41. The molecular formula is C10H8F3N3. The third kappa shape index (κ3) is 1.91. The molecule has 0 unspecified atom stereocenters. The number of hydrogen-bond donors (Lipinski definition) is 0. The lowest BCUT2D eigenvalue weighted by Gasteiger charge is -2.09. The minimum Gasteiger partial charge on any atom is -0.236 e. The Morgan fingerprint density at radius 2 is 2.06 bits per heavy atom. The number of halogens is 3. The topological polar surface area (TPSA) is 30.7 Å². The van der Waals surface area contributed by atoms with Crippen LogP contribution in [0, 0.1) is 6.92 Å². The first kappa shape index (κ1) is 10.7. The second kappa shape index (κ2) is 3.62. The highest BCUT2D eigenvalue weighted by Gasteiger charge is 2.31. The van der Waals surface area contributed by atoms with E-state index in [0.717, 1.165) is 12.3 Å². The van der Waals surface area contributed by atoms with Crippen LogP contribution in [0.5, 0.6) is 0 Å². The quantitative estimate of drug-likeness (QED) is 0.749. The zero-order valence-corrected chi connectivity index (χ0v) is 8.36. The van der Waals surface area contributed by atoms with E-state index in [1.54, 1.807) is 25.4 Å². The molecule has 3 nitrogen and oxygen atoms in total. The van der Waals surface area contributed by atoms with Crippen LogP contribution in [0.25, 0.3) is 5.82 Å². The molecule has 0 N–H and O–H groups in total. The maximum absolute atomic E-state index is 12.4. The number of aryl methyl sites for hydroxylation is 1. The number of nitrogens with zero attached hydrogens (tertiary/aromatic N) is 3. The van der Waals surface area contributed by atoms with Crippen LogP contribution in [0.2, 0.25) is 0 Å². The normalized spacial score (nSPS) is 11.8. The summed E-state index contributed by atoms with van der Waals surface area (Å²) in [4.78, 5) is 3.77. The first-order chi connectivity index (χ1) is 7.48. The van der Waals surface area contributed by atoms with Gasteiger partial charge in [0.25, 0.3) is 0 Å². The van der Waals surface area contributed by atoms with Crippen molar-refractivity contribution in [3.8, 4) is 5.82 Å². The molecule has 0 aliphatic heterocycles. The highest BCUT2D eigenvalue weighted by Crippen LogP contribution is 2.29. The van der Waals surface area contributed by atoms with Crippen molar-refractivity contribution >= 4 is 0 Å². The van der Waals surface area contributed by atoms with Gasteiger partial charge in [-0.1, -0.05) is 0 Å². The number of rotatable bonds is 1. The smallest absolute Gasteiger partial charge is 0.236 e. The molecule has 2 heterocycles. The third-order valence-corrected chi connectivity index (χ3v) is 2.10. The van der Waals surface area contributed by atoms with Crippen LogP contribution < -0.4 is 0 Å². The Morgan fingerprint density at radius 3 is 2.56 bits per heavy atom. The van der Waals surface area contributed by atoms with E-state index < -0.39 is 11.7 Å². The van der Waals surface area contributed by atoms with Crippen molar-refractivity contribution in [1.82, 2.24) is 14.8 Å². The van der Waals surface area contributed by atoms with Gasteiger partial charge in [0.05, 0.1) is 5.56 Å². The van der Waals surface area contributed by atoms with E-state index in [1.807, 2.05) is 0 Å². The fourth-order valence-electron chi connectivity index (χ4n) is 1.36. The maximum Gasteiger partial charge on any atom is 0.417 e. The number of pyridine rings is 1. The van der Waals surface area contributed by atoms with Gasteiger partial charge in [-0.2, -0.15) is 18.3 Å². The summed E-state index contributed by atoms with van der Waals surface area (Å²) in [6.45, 7) is 1.57. The third-order valence-electron chi connectivity index (χ3n) is 2.10. The van der Waals surface area contributed by atoms with Gasteiger partial charge >= 0.3 is 6.18 Å². The van der Waals surface area contributed by atoms with Gasteiger partial charge in [-0.15, -0.1) is 0 Å². The highest BCUT2D eigenvalue weighted by atomic mass is 19.4. The summed E-state index contributed by atoms with van der Waals surface area (Å²) in [7, 11) is 0. The molecular weight excluding hydrogens is 219 g/mol. The first-order valence-corrected chi connectivity index (χ1v) is 4.52. The van der Waals surface area contributed by atoms with Crippen LogP contribution in [0.15, 0.2) is 30.7 Å². The van der Waals surface area contributed by atoms with E-state index in [0.29, 0.717) is 11.4 Å². The average Bonchev–Trinajstić information content (AvgIpc) is 2.69. The van der Waals surface area contributed by atoms with Crippen molar-refractivity contribution in [1.29, 1.82) is 0 Å². The molecule has 16 heavy (non-hydrogen) atoms. The molecule has 0 saturated heterocycles. The average molecular weight is 227 g/mol. The Hall–Kier alpha value is -1.85. The lowest BCUT2D eigenvalue weighted by molar-refractivity contribution is -0.137.